The van der Waals surface area contributed by atoms with E-state index >= 15 is 0 Å². The monoisotopic (exact) mass is 570 g/mol. The highest BCUT2D eigenvalue weighted by Crippen LogP contribution is 2.20. The van der Waals surface area contributed by atoms with E-state index in [1.165, 1.54) is 56.3 Å². The minimum atomic E-state index is -1.47. The lowest BCUT2D eigenvalue weighted by Crippen LogP contribution is -2.37. The van der Waals surface area contributed by atoms with Gasteiger partial charge < -0.3 is 15.3 Å². The molecule has 6 heteroatoms. The first kappa shape index (κ1) is 32.6. The maximum atomic E-state index is 12.6. The van der Waals surface area contributed by atoms with Gasteiger partial charge in [-0.05, 0) is 47.2 Å². The molecule has 0 aliphatic heterocycles. The Morgan fingerprint density at radius 2 is 1.21 bits per heavy atom. The van der Waals surface area contributed by atoms with Gasteiger partial charge in [-0.3, -0.25) is 9.59 Å². The molecule has 0 heterocycles. The minimum Gasteiger partial charge on any atom is -0.474 e. The fourth-order valence-electron chi connectivity index (χ4n) is 5.04. The number of rotatable bonds is 18. The first-order valence-corrected chi connectivity index (χ1v) is 15.5. The molecule has 0 saturated heterocycles. The van der Waals surface area contributed by atoms with Crippen LogP contribution in [-0.2, 0) is 22.6 Å². The predicted molar refractivity (Wildman–Crippen MR) is 169 cm³/mol. The standard InChI is InChI=1S/C36H46N2O4/c1-2-3-4-5-6-7-8-9-10-14-26-37-34(39)33-23-19-30(20-24-33)28-38(35(40)36(41)42)27-25-29-17-21-32(22-18-29)31-15-12-11-13-16-31/h11-13,15-24H,2-10,14,25-28H2,1H3,(H,37,39)(H,41,42). The van der Waals surface area contributed by atoms with Crippen molar-refractivity contribution >= 4 is 17.8 Å². The van der Waals surface area contributed by atoms with Gasteiger partial charge in [-0.1, -0.05) is 131 Å². The van der Waals surface area contributed by atoms with Gasteiger partial charge >= 0.3 is 11.9 Å². The van der Waals surface area contributed by atoms with Crippen molar-refractivity contribution in [3.05, 3.63) is 95.6 Å². The molecule has 0 aliphatic carbocycles. The molecule has 0 saturated carbocycles. The Morgan fingerprint density at radius 1 is 0.667 bits per heavy atom. The first-order chi connectivity index (χ1) is 20.5. The molecule has 0 radical (unpaired) electrons. The van der Waals surface area contributed by atoms with Crippen LogP contribution in [0.2, 0.25) is 0 Å². The zero-order valence-corrected chi connectivity index (χ0v) is 25.0. The Hall–Kier alpha value is -3.93. The van der Waals surface area contributed by atoms with E-state index in [9.17, 15) is 19.5 Å². The van der Waals surface area contributed by atoms with E-state index in [0.717, 1.165) is 35.1 Å². The maximum absolute atomic E-state index is 12.6. The lowest BCUT2D eigenvalue weighted by atomic mass is 10.0. The van der Waals surface area contributed by atoms with Crippen molar-refractivity contribution in [2.75, 3.05) is 13.1 Å². The first-order valence-electron chi connectivity index (χ1n) is 15.5. The number of unbranched alkanes of at least 4 members (excludes halogenated alkanes) is 9. The van der Waals surface area contributed by atoms with E-state index in [2.05, 4.69) is 24.4 Å². The van der Waals surface area contributed by atoms with Crippen LogP contribution in [0, 0.1) is 0 Å². The number of amides is 2. The van der Waals surface area contributed by atoms with Gasteiger partial charge in [0.05, 0.1) is 0 Å². The van der Waals surface area contributed by atoms with Gasteiger partial charge in [0.25, 0.3) is 5.91 Å². The fourth-order valence-corrected chi connectivity index (χ4v) is 5.04. The van der Waals surface area contributed by atoms with Crippen molar-refractivity contribution < 1.29 is 19.5 Å². The molecule has 3 aromatic carbocycles. The predicted octanol–water partition coefficient (Wildman–Crippen LogP) is 7.66. The number of hydrogen-bond acceptors (Lipinski definition) is 3. The summed E-state index contributed by atoms with van der Waals surface area (Å²) in [6.45, 7) is 3.33. The second-order valence-corrected chi connectivity index (χ2v) is 11.0. The Morgan fingerprint density at radius 3 is 1.81 bits per heavy atom. The second kappa shape index (κ2) is 18.5. The Bertz CT molecular complexity index is 1220. The van der Waals surface area contributed by atoms with Gasteiger partial charge in [0.1, 0.15) is 0 Å². The zero-order chi connectivity index (χ0) is 30.0. The second-order valence-electron chi connectivity index (χ2n) is 11.0. The number of nitrogens with one attached hydrogen (secondary N) is 1. The van der Waals surface area contributed by atoms with E-state index in [-0.39, 0.29) is 19.0 Å². The van der Waals surface area contributed by atoms with E-state index in [1.54, 1.807) is 24.3 Å². The van der Waals surface area contributed by atoms with Crippen LogP contribution in [0.5, 0.6) is 0 Å². The normalized spacial score (nSPS) is 10.8. The molecule has 6 nitrogen and oxygen atoms in total. The number of hydrogen-bond donors (Lipinski definition) is 2. The van der Waals surface area contributed by atoms with Crippen LogP contribution in [0.3, 0.4) is 0 Å². The van der Waals surface area contributed by atoms with Crippen LogP contribution in [0.15, 0.2) is 78.9 Å². The molecule has 0 aliphatic rings. The highest BCUT2D eigenvalue weighted by molar-refractivity contribution is 6.31. The summed E-state index contributed by atoms with van der Waals surface area (Å²) in [6, 6.07) is 25.2. The van der Waals surface area contributed by atoms with Crippen LogP contribution < -0.4 is 5.32 Å². The van der Waals surface area contributed by atoms with Crippen LogP contribution in [0.1, 0.15) is 92.6 Å². The third-order valence-electron chi connectivity index (χ3n) is 7.61. The largest absolute Gasteiger partial charge is 0.474 e. The number of benzene rings is 3. The van der Waals surface area contributed by atoms with Gasteiger partial charge in [0.2, 0.25) is 0 Å². The van der Waals surface area contributed by atoms with Crippen LogP contribution in [-0.4, -0.2) is 40.9 Å². The number of carbonyl (C=O) groups excluding carboxylic acids is 2. The molecule has 3 aromatic rings. The Balaban J connectivity index is 1.42. The summed E-state index contributed by atoms with van der Waals surface area (Å²) < 4.78 is 0. The molecule has 0 aromatic heterocycles. The van der Waals surface area contributed by atoms with Gasteiger partial charge in [0, 0.05) is 25.2 Å². The van der Waals surface area contributed by atoms with Gasteiger partial charge in [0.15, 0.2) is 0 Å². The highest BCUT2D eigenvalue weighted by Gasteiger charge is 2.21. The summed E-state index contributed by atoms with van der Waals surface area (Å²) in [5.41, 5.74) is 4.58. The van der Waals surface area contributed by atoms with E-state index in [4.69, 9.17) is 0 Å². The topological polar surface area (TPSA) is 86.7 Å². The molecule has 3 rings (SSSR count). The minimum absolute atomic E-state index is 0.116. The van der Waals surface area contributed by atoms with Crippen LogP contribution in [0.4, 0.5) is 0 Å². The average molecular weight is 571 g/mol. The third-order valence-corrected chi connectivity index (χ3v) is 7.61. The smallest absolute Gasteiger partial charge is 0.394 e. The van der Waals surface area contributed by atoms with Gasteiger partial charge in [-0.25, -0.2) is 4.79 Å². The molecule has 42 heavy (non-hydrogen) atoms. The lowest BCUT2D eigenvalue weighted by molar-refractivity contribution is -0.156. The summed E-state index contributed by atoms with van der Waals surface area (Å²) in [5, 5.41) is 12.4. The van der Waals surface area contributed by atoms with E-state index in [1.807, 2.05) is 42.5 Å². The quantitative estimate of drug-likeness (QED) is 0.121. The van der Waals surface area contributed by atoms with Crippen molar-refractivity contribution in [2.24, 2.45) is 0 Å². The summed E-state index contributed by atoms with van der Waals surface area (Å²) in [5.74, 6) is -2.53. The number of aliphatic carboxylic acids is 1. The molecular weight excluding hydrogens is 524 g/mol. The lowest BCUT2D eigenvalue weighted by Gasteiger charge is -2.21. The zero-order valence-electron chi connectivity index (χ0n) is 25.0. The SMILES string of the molecule is CCCCCCCCCCCCNC(=O)c1ccc(CN(CCc2ccc(-c3ccccc3)cc2)C(=O)C(=O)O)cc1. The molecule has 0 fully saturated rings. The summed E-state index contributed by atoms with van der Waals surface area (Å²) in [6.07, 6.45) is 13.1. The van der Waals surface area contributed by atoms with Crippen molar-refractivity contribution in [2.45, 2.75) is 84.1 Å². The van der Waals surface area contributed by atoms with E-state index in [0.29, 0.717) is 18.5 Å². The summed E-state index contributed by atoms with van der Waals surface area (Å²) >= 11 is 0. The molecule has 0 bridgehead atoms. The van der Waals surface area contributed by atoms with Crippen LogP contribution in [0.25, 0.3) is 11.1 Å². The van der Waals surface area contributed by atoms with Gasteiger partial charge in [-0.2, -0.15) is 0 Å². The summed E-state index contributed by atoms with van der Waals surface area (Å²) in [4.78, 5) is 37.8. The Kier molecular flexibility index (Phi) is 14.3. The molecule has 0 unspecified atom stereocenters. The Labute approximate surface area is 251 Å². The maximum Gasteiger partial charge on any atom is 0.394 e. The molecule has 2 amide bonds. The van der Waals surface area contributed by atoms with E-state index < -0.39 is 11.9 Å². The van der Waals surface area contributed by atoms with Crippen molar-refractivity contribution in [3.8, 4) is 11.1 Å². The number of nitrogens with zero attached hydrogens (tertiary/aromatic N) is 1. The molecule has 2 N–H and O–H groups in total. The van der Waals surface area contributed by atoms with Crippen molar-refractivity contribution in [1.82, 2.24) is 10.2 Å². The van der Waals surface area contributed by atoms with Crippen molar-refractivity contribution in [1.29, 1.82) is 0 Å². The third kappa shape index (κ3) is 11.5. The highest BCUT2D eigenvalue weighted by atomic mass is 16.4. The van der Waals surface area contributed by atoms with Gasteiger partial charge in [-0.15, -0.1) is 0 Å². The summed E-state index contributed by atoms with van der Waals surface area (Å²) in [7, 11) is 0. The molecular formula is C36H46N2O4. The average Bonchev–Trinajstić information content (AvgIpc) is 3.02. The van der Waals surface area contributed by atoms with Crippen molar-refractivity contribution in [3.63, 3.8) is 0 Å². The number of carbonyl (C=O) groups is 3. The fraction of sp³-hybridized carbons (Fsp3) is 0.417. The number of carboxylic acid groups (broad SMARTS) is 1. The molecule has 224 valence electrons. The van der Waals surface area contributed by atoms with Crippen LogP contribution >= 0.6 is 0 Å². The molecule has 0 spiro atoms. The molecule has 0 atom stereocenters. The number of carboxylic acids is 1.